The molecule has 378 valence electrons. The van der Waals surface area contributed by atoms with E-state index >= 15 is 0 Å². The molecule has 0 aliphatic heterocycles. The Balaban J connectivity index is 4.18. The molecule has 0 rings (SSSR count). The van der Waals surface area contributed by atoms with Gasteiger partial charge < -0.3 is 14.2 Å². The van der Waals surface area contributed by atoms with Crippen molar-refractivity contribution in [2.24, 2.45) is 0 Å². The van der Waals surface area contributed by atoms with Crippen molar-refractivity contribution in [2.75, 3.05) is 13.2 Å². The zero-order valence-corrected chi connectivity index (χ0v) is 43.1. The topological polar surface area (TPSA) is 78.9 Å². The predicted octanol–water partition coefficient (Wildman–Crippen LogP) is 18.1. The average Bonchev–Trinajstić information content (AvgIpc) is 3.33. The lowest BCUT2D eigenvalue weighted by molar-refractivity contribution is -0.167. The zero-order valence-electron chi connectivity index (χ0n) is 43.1. The van der Waals surface area contributed by atoms with Crippen LogP contribution in [0, 0.1) is 0 Å². The van der Waals surface area contributed by atoms with Crippen LogP contribution in [0.2, 0.25) is 0 Å². The summed E-state index contributed by atoms with van der Waals surface area (Å²) in [5.74, 6) is -0.957. The first-order chi connectivity index (χ1) is 33.0. The van der Waals surface area contributed by atoms with Crippen LogP contribution < -0.4 is 0 Å². The Bertz CT molecular complexity index is 1440. The monoisotopic (exact) mass is 927 g/mol. The number of carbonyl (C=O) groups is 3. The Labute approximate surface area is 412 Å². The van der Waals surface area contributed by atoms with E-state index in [0.29, 0.717) is 19.3 Å². The van der Waals surface area contributed by atoms with Gasteiger partial charge in [-0.25, -0.2) is 0 Å². The summed E-state index contributed by atoms with van der Waals surface area (Å²) in [5.41, 5.74) is 0. The highest BCUT2D eigenvalue weighted by Gasteiger charge is 2.19. The van der Waals surface area contributed by atoms with Crippen molar-refractivity contribution in [2.45, 2.75) is 232 Å². The van der Waals surface area contributed by atoms with Gasteiger partial charge in [0.2, 0.25) is 0 Å². The van der Waals surface area contributed by atoms with Crippen molar-refractivity contribution in [3.05, 3.63) is 122 Å². The van der Waals surface area contributed by atoms with Gasteiger partial charge in [0.15, 0.2) is 6.10 Å². The molecular weight excluding hydrogens is 829 g/mol. The van der Waals surface area contributed by atoms with Crippen molar-refractivity contribution < 1.29 is 28.6 Å². The van der Waals surface area contributed by atoms with E-state index in [0.717, 1.165) is 122 Å². The van der Waals surface area contributed by atoms with E-state index in [-0.39, 0.29) is 31.1 Å². The highest BCUT2D eigenvalue weighted by Crippen LogP contribution is 2.13. The van der Waals surface area contributed by atoms with Gasteiger partial charge in [-0.2, -0.15) is 0 Å². The van der Waals surface area contributed by atoms with Crippen molar-refractivity contribution in [3.8, 4) is 0 Å². The Hall–Kier alpha value is -4.19. The molecule has 0 radical (unpaired) electrons. The average molecular weight is 927 g/mol. The third-order valence-electron chi connectivity index (χ3n) is 11.0. The lowest BCUT2D eigenvalue weighted by Gasteiger charge is -2.18. The van der Waals surface area contributed by atoms with Gasteiger partial charge in [-0.05, 0) is 96.3 Å². The summed E-state index contributed by atoms with van der Waals surface area (Å²) in [6, 6.07) is 0. The number of unbranched alkanes of at least 4 members (excludes halogenated alkanes) is 16. The van der Waals surface area contributed by atoms with Crippen LogP contribution in [0.25, 0.3) is 0 Å². The fourth-order valence-electron chi connectivity index (χ4n) is 6.94. The van der Waals surface area contributed by atoms with E-state index in [1.54, 1.807) is 0 Å². The second-order valence-corrected chi connectivity index (χ2v) is 17.4. The van der Waals surface area contributed by atoms with E-state index in [1.165, 1.54) is 64.2 Å². The molecule has 0 amide bonds. The summed E-state index contributed by atoms with van der Waals surface area (Å²) >= 11 is 0. The third kappa shape index (κ3) is 52.6. The summed E-state index contributed by atoms with van der Waals surface area (Å²) < 4.78 is 16.6. The molecule has 0 spiro atoms. The number of ether oxygens (including phenoxy) is 3. The molecule has 1 atom stereocenters. The maximum absolute atomic E-state index is 12.7. The van der Waals surface area contributed by atoms with Gasteiger partial charge in [0.25, 0.3) is 0 Å². The maximum Gasteiger partial charge on any atom is 0.306 e. The quantitative estimate of drug-likeness (QED) is 0.0262. The number of allylic oxidation sites excluding steroid dienone is 20. The number of hydrogen-bond acceptors (Lipinski definition) is 6. The van der Waals surface area contributed by atoms with Crippen LogP contribution in [-0.2, 0) is 28.6 Å². The number of esters is 3. The minimum atomic E-state index is -0.791. The molecule has 67 heavy (non-hydrogen) atoms. The minimum Gasteiger partial charge on any atom is -0.462 e. The fraction of sp³-hybridized carbons (Fsp3) is 0.623. The number of carbonyl (C=O) groups excluding carboxylic acids is 3. The Morgan fingerprint density at radius 1 is 0.313 bits per heavy atom. The molecule has 0 aromatic carbocycles. The van der Waals surface area contributed by atoms with Crippen LogP contribution in [0.4, 0.5) is 0 Å². The molecular formula is C61H98O6. The van der Waals surface area contributed by atoms with Gasteiger partial charge in [-0.3, -0.25) is 14.4 Å². The zero-order chi connectivity index (χ0) is 48.6. The van der Waals surface area contributed by atoms with Crippen LogP contribution in [0.1, 0.15) is 226 Å². The fourth-order valence-corrected chi connectivity index (χ4v) is 6.94. The summed E-state index contributed by atoms with van der Waals surface area (Å²) in [4.78, 5) is 37.6. The Kier molecular flexibility index (Phi) is 51.0. The summed E-state index contributed by atoms with van der Waals surface area (Å²) in [7, 11) is 0. The Morgan fingerprint density at radius 2 is 0.582 bits per heavy atom. The summed E-state index contributed by atoms with van der Waals surface area (Å²) in [6.07, 6.45) is 75.2. The molecule has 0 bridgehead atoms. The van der Waals surface area contributed by atoms with Gasteiger partial charge >= 0.3 is 17.9 Å². The lowest BCUT2D eigenvalue weighted by atomic mass is 10.1. The SMILES string of the molecule is CC/C=C\C/C=C\C/C=C\C/C=C\C/C=C\C/C=C\C/C=C\C/C=C\C/C=C\C/C=C\CCCCC(=O)OCC(COC(=O)CCCCCCCC)OC(=O)CCCCCCCCCCCC. The molecule has 0 aliphatic carbocycles. The van der Waals surface area contributed by atoms with E-state index < -0.39 is 6.10 Å². The maximum atomic E-state index is 12.7. The molecule has 0 aromatic rings. The van der Waals surface area contributed by atoms with Crippen LogP contribution >= 0.6 is 0 Å². The lowest BCUT2D eigenvalue weighted by Crippen LogP contribution is -2.30. The van der Waals surface area contributed by atoms with Crippen molar-refractivity contribution in [3.63, 3.8) is 0 Å². The second kappa shape index (κ2) is 54.4. The van der Waals surface area contributed by atoms with E-state index in [9.17, 15) is 14.4 Å². The molecule has 0 saturated heterocycles. The van der Waals surface area contributed by atoms with Gasteiger partial charge in [0, 0.05) is 19.3 Å². The van der Waals surface area contributed by atoms with Gasteiger partial charge in [-0.1, -0.05) is 232 Å². The first-order valence-corrected chi connectivity index (χ1v) is 27.0. The van der Waals surface area contributed by atoms with Crippen molar-refractivity contribution in [1.29, 1.82) is 0 Å². The molecule has 0 saturated carbocycles. The highest BCUT2D eigenvalue weighted by atomic mass is 16.6. The van der Waals surface area contributed by atoms with Gasteiger partial charge in [0.1, 0.15) is 13.2 Å². The molecule has 0 aromatic heterocycles. The number of rotatable bonds is 47. The van der Waals surface area contributed by atoms with Crippen LogP contribution in [0.3, 0.4) is 0 Å². The standard InChI is InChI=1S/C61H98O6/c1-4-7-10-13-16-18-20-21-22-23-24-25-26-27-28-29-30-31-32-33-34-35-36-37-38-39-40-41-42-44-45-48-51-54-60(63)66-57-58(56-65-59(62)53-50-47-15-12-9-6-3)67-61(64)55-52-49-46-43-19-17-14-11-8-5-2/h7,10,16,18,21-22,24-25,27-28,30-31,33-34,36-37,39-40,42,44,58H,4-6,8-9,11-15,17,19-20,23,26,29,32,35,38,41,43,45-57H2,1-3H3/b10-7-,18-16-,22-21-,25-24-,28-27-,31-30-,34-33-,37-36-,40-39-,44-42-. The second-order valence-electron chi connectivity index (χ2n) is 17.4. The third-order valence-corrected chi connectivity index (χ3v) is 11.0. The first-order valence-electron chi connectivity index (χ1n) is 27.0. The first kappa shape index (κ1) is 62.8. The van der Waals surface area contributed by atoms with Crippen LogP contribution in [-0.4, -0.2) is 37.2 Å². The van der Waals surface area contributed by atoms with Crippen LogP contribution in [0.5, 0.6) is 0 Å². The molecule has 0 fully saturated rings. The molecule has 0 N–H and O–H groups in total. The molecule has 6 nitrogen and oxygen atoms in total. The highest BCUT2D eigenvalue weighted by molar-refractivity contribution is 5.71. The summed E-state index contributed by atoms with van der Waals surface area (Å²) in [6.45, 7) is 6.39. The minimum absolute atomic E-state index is 0.0924. The van der Waals surface area contributed by atoms with E-state index in [1.807, 2.05) is 0 Å². The summed E-state index contributed by atoms with van der Waals surface area (Å²) in [5, 5.41) is 0. The molecule has 1 unspecified atom stereocenters. The normalized spacial score (nSPS) is 13.1. The largest absolute Gasteiger partial charge is 0.462 e. The van der Waals surface area contributed by atoms with E-state index in [2.05, 4.69) is 142 Å². The Morgan fingerprint density at radius 3 is 0.910 bits per heavy atom. The number of hydrogen-bond donors (Lipinski definition) is 0. The molecule has 6 heteroatoms. The van der Waals surface area contributed by atoms with Gasteiger partial charge in [-0.15, -0.1) is 0 Å². The van der Waals surface area contributed by atoms with Crippen molar-refractivity contribution in [1.82, 2.24) is 0 Å². The van der Waals surface area contributed by atoms with Gasteiger partial charge in [0.05, 0.1) is 0 Å². The van der Waals surface area contributed by atoms with E-state index in [4.69, 9.17) is 14.2 Å². The predicted molar refractivity (Wildman–Crippen MR) is 288 cm³/mol. The van der Waals surface area contributed by atoms with Crippen molar-refractivity contribution >= 4 is 17.9 Å². The van der Waals surface area contributed by atoms with Crippen LogP contribution in [0.15, 0.2) is 122 Å². The molecule has 0 aliphatic rings. The smallest absolute Gasteiger partial charge is 0.306 e. The molecule has 0 heterocycles.